The molecule has 0 saturated carbocycles. The van der Waals surface area contributed by atoms with E-state index in [1.165, 1.54) is 5.56 Å². The number of benzene rings is 1. The monoisotopic (exact) mass is 285 g/mol. The summed E-state index contributed by atoms with van der Waals surface area (Å²) in [5.41, 5.74) is 8.80. The minimum absolute atomic E-state index is 0.340. The van der Waals surface area contributed by atoms with Gasteiger partial charge in [-0.25, -0.2) is 9.97 Å². The first-order valence-corrected chi connectivity index (χ1v) is 7.04. The fraction of sp³-hybridized carbons (Fsp3) is 0.375. The van der Waals surface area contributed by atoms with Crippen molar-refractivity contribution in [2.24, 2.45) is 5.92 Å². The van der Waals surface area contributed by atoms with Crippen molar-refractivity contribution in [1.82, 2.24) is 9.97 Å². The van der Waals surface area contributed by atoms with Crippen LogP contribution >= 0.6 is 0 Å². The Morgan fingerprint density at radius 2 is 2.19 bits per heavy atom. The molecule has 0 saturated heterocycles. The number of hydrogen-bond donors (Lipinski definition) is 1. The molecule has 3 rings (SSSR count). The van der Waals surface area contributed by atoms with E-state index in [0.29, 0.717) is 18.5 Å². The number of nitrogens with zero attached hydrogens (tertiary/aromatic N) is 2. The van der Waals surface area contributed by atoms with Gasteiger partial charge in [0, 0.05) is 23.4 Å². The lowest BCUT2D eigenvalue weighted by Gasteiger charge is -2.25. The standard InChI is InChI=1S/C16H19N3O2/c1-10-5-13(19-16(17)18-10)7-11-6-12-3-4-14(20-2)8-15(12)21-9-11/h3-5,8,11H,6-7,9H2,1-2H3,(H2,17,18,19)/t11-/m1/s1. The molecule has 21 heavy (non-hydrogen) atoms. The number of nitrogen functional groups attached to an aromatic ring is 1. The molecule has 1 aromatic carbocycles. The fourth-order valence-corrected chi connectivity index (χ4v) is 2.73. The van der Waals surface area contributed by atoms with Crippen LogP contribution in [-0.4, -0.2) is 23.7 Å². The zero-order valence-corrected chi connectivity index (χ0v) is 12.3. The lowest BCUT2D eigenvalue weighted by atomic mass is 9.92. The van der Waals surface area contributed by atoms with Crippen molar-refractivity contribution in [3.05, 3.63) is 41.2 Å². The van der Waals surface area contributed by atoms with Gasteiger partial charge in [-0.1, -0.05) is 6.07 Å². The second kappa shape index (κ2) is 5.60. The van der Waals surface area contributed by atoms with Gasteiger partial charge in [-0.3, -0.25) is 0 Å². The van der Waals surface area contributed by atoms with E-state index < -0.39 is 0 Å². The summed E-state index contributed by atoms with van der Waals surface area (Å²) < 4.78 is 11.1. The molecule has 0 radical (unpaired) electrons. The number of fused-ring (bicyclic) bond motifs is 1. The van der Waals surface area contributed by atoms with Crippen molar-refractivity contribution >= 4 is 5.95 Å². The summed E-state index contributed by atoms with van der Waals surface area (Å²) in [4.78, 5) is 8.41. The van der Waals surface area contributed by atoms with E-state index in [0.717, 1.165) is 35.7 Å². The average Bonchev–Trinajstić information content (AvgIpc) is 2.45. The minimum Gasteiger partial charge on any atom is -0.497 e. The van der Waals surface area contributed by atoms with E-state index in [4.69, 9.17) is 15.2 Å². The fourth-order valence-electron chi connectivity index (χ4n) is 2.73. The maximum atomic E-state index is 5.86. The predicted octanol–water partition coefficient (Wildman–Crippen LogP) is 2.17. The minimum atomic E-state index is 0.340. The molecule has 5 heteroatoms. The summed E-state index contributed by atoms with van der Waals surface area (Å²) in [6, 6.07) is 7.97. The van der Waals surface area contributed by atoms with Crippen LogP contribution in [0.25, 0.3) is 0 Å². The predicted molar refractivity (Wildman–Crippen MR) is 80.6 cm³/mol. The van der Waals surface area contributed by atoms with Gasteiger partial charge in [0.2, 0.25) is 5.95 Å². The number of rotatable bonds is 3. The van der Waals surface area contributed by atoms with Crippen LogP contribution < -0.4 is 15.2 Å². The van der Waals surface area contributed by atoms with Crippen LogP contribution in [0.15, 0.2) is 24.3 Å². The van der Waals surface area contributed by atoms with E-state index in [1.54, 1.807) is 7.11 Å². The Morgan fingerprint density at radius 1 is 1.33 bits per heavy atom. The largest absolute Gasteiger partial charge is 0.497 e. The first-order chi connectivity index (χ1) is 10.1. The summed E-state index contributed by atoms with van der Waals surface area (Å²) in [6.45, 7) is 2.61. The average molecular weight is 285 g/mol. The van der Waals surface area contributed by atoms with Crippen LogP contribution in [-0.2, 0) is 12.8 Å². The molecule has 0 amide bonds. The Morgan fingerprint density at radius 3 is 2.95 bits per heavy atom. The third-order valence-corrected chi connectivity index (χ3v) is 3.68. The zero-order valence-electron chi connectivity index (χ0n) is 12.3. The van der Waals surface area contributed by atoms with Crippen molar-refractivity contribution in [3.8, 4) is 11.5 Å². The molecule has 2 N–H and O–H groups in total. The molecule has 0 unspecified atom stereocenters. The molecule has 0 spiro atoms. The van der Waals surface area contributed by atoms with Crippen molar-refractivity contribution in [2.45, 2.75) is 19.8 Å². The van der Waals surface area contributed by atoms with Gasteiger partial charge in [-0.15, -0.1) is 0 Å². The van der Waals surface area contributed by atoms with Crippen LogP contribution in [0.2, 0.25) is 0 Å². The lowest BCUT2D eigenvalue weighted by Crippen LogP contribution is -2.23. The number of ether oxygens (including phenoxy) is 2. The van der Waals surface area contributed by atoms with Crippen molar-refractivity contribution < 1.29 is 9.47 Å². The maximum absolute atomic E-state index is 5.86. The Bertz CT molecular complexity index is 638. The molecule has 1 atom stereocenters. The van der Waals surface area contributed by atoms with Crippen LogP contribution in [0, 0.1) is 12.8 Å². The highest BCUT2D eigenvalue weighted by molar-refractivity contribution is 5.42. The summed E-state index contributed by atoms with van der Waals surface area (Å²) in [7, 11) is 1.66. The maximum Gasteiger partial charge on any atom is 0.220 e. The molecule has 5 nitrogen and oxygen atoms in total. The highest BCUT2D eigenvalue weighted by Gasteiger charge is 2.21. The van der Waals surface area contributed by atoms with E-state index in [1.807, 2.05) is 25.1 Å². The van der Waals surface area contributed by atoms with Gasteiger partial charge < -0.3 is 15.2 Å². The molecule has 2 heterocycles. The Hall–Kier alpha value is -2.30. The number of anilines is 1. The SMILES string of the molecule is COc1ccc2c(c1)OC[C@@H](Cc1cc(C)nc(N)n1)C2. The van der Waals surface area contributed by atoms with E-state index >= 15 is 0 Å². The number of hydrogen-bond acceptors (Lipinski definition) is 5. The molecule has 0 aliphatic carbocycles. The molecule has 110 valence electrons. The smallest absolute Gasteiger partial charge is 0.220 e. The quantitative estimate of drug-likeness (QED) is 0.936. The molecule has 0 fully saturated rings. The number of nitrogens with two attached hydrogens (primary N) is 1. The molecule has 2 aromatic rings. The summed E-state index contributed by atoms with van der Waals surface area (Å²) in [6.07, 6.45) is 1.82. The van der Waals surface area contributed by atoms with Gasteiger partial charge >= 0.3 is 0 Å². The second-order valence-corrected chi connectivity index (χ2v) is 5.42. The first kappa shape index (κ1) is 13.7. The van der Waals surface area contributed by atoms with E-state index in [2.05, 4.69) is 16.0 Å². The topological polar surface area (TPSA) is 70.3 Å². The third kappa shape index (κ3) is 3.07. The molecular formula is C16H19N3O2. The Kier molecular flexibility index (Phi) is 3.64. The van der Waals surface area contributed by atoms with Crippen LogP contribution in [0.3, 0.4) is 0 Å². The summed E-state index contributed by atoms with van der Waals surface area (Å²) >= 11 is 0. The zero-order chi connectivity index (χ0) is 14.8. The lowest BCUT2D eigenvalue weighted by molar-refractivity contribution is 0.219. The second-order valence-electron chi connectivity index (χ2n) is 5.42. The number of aromatic nitrogens is 2. The Labute approximate surface area is 124 Å². The first-order valence-electron chi connectivity index (χ1n) is 7.04. The van der Waals surface area contributed by atoms with Gasteiger partial charge in [0.25, 0.3) is 0 Å². The summed E-state index contributed by atoms with van der Waals surface area (Å²) in [5, 5.41) is 0. The molecule has 1 aliphatic rings. The molecule has 1 aromatic heterocycles. The third-order valence-electron chi connectivity index (χ3n) is 3.68. The van der Waals surface area contributed by atoms with Crippen molar-refractivity contribution in [3.63, 3.8) is 0 Å². The highest BCUT2D eigenvalue weighted by Crippen LogP contribution is 2.32. The van der Waals surface area contributed by atoms with Gasteiger partial charge in [-0.2, -0.15) is 0 Å². The Balaban J connectivity index is 1.74. The van der Waals surface area contributed by atoms with Crippen LogP contribution in [0.4, 0.5) is 5.95 Å². The van der Waals surface area contributed by atoms with Gasteiger partial charge in [0.05, 0.1) is 13.7 Å². The van der Waals surface area contributed by atoms with Crippen molar-refractivity contribution in [2.75, 3.05) is 19.5 Å². The molecule has 0 bridgehead atoms. The number of aryl methyl sites for hydroxylation is 1. The van der Waals surface area contributed by atoms with Gasteiger partial charge in [-0.05, 0) is 37.5 Å². The molecular weight excluding hydrogens is 266 g/mol. The normalized spacial score (nSPS) is 17.0. The summed E-state index contributed by atoms with van der Waals surface area (Å²) in [5.74, 6) is 2.49. The molecule has 1 aliphatic heterocycles. The van der Waals surface area contributed by atoms with E-state index in [-0.39, 0.29) is 0 Å². The van der Waals surface area contributed by atoms with E-state index in [9.17, 15) is 0 Å². The van der Waals surface area contributed by atoms with Crippen LogP contribution in [0.5, 0.6) is 11.5 Å². The highest BCUT2D eigenvalue weighted by atomic mass is 16.5. The number of methoxy groups -OCH3 is 1. The van der Waals surface area contributed by atoms with Gasteiger partial charge in [0.1, 0.15) is 11.5 Å². The van der Waals surface area contributed by atoms with Gasteiger partial charge in [0.15, 0.2) is 0 Å². The van der Waals surface area contributed by atoms with Crippen molar-refractivity contribution in [1.29, 1.82) is 0 Å². The van der Waals surface area contributed by atoms with Crippen LogP contribution in [0.1, 0.15) is 17.0 Å².